The first-order valence-corrected chi connectivity index (χ1v) is 8.41. The third-order valence-electron chi connectivity index (χ3n) is 4.76. The van der Waals surface area contributed by atoms with Gasteiger partial charge in [0.05, 0.1) is 0 Å². The van der Waals surface area contributed by atoms with Crippen molar-refractivity contribution in [1.29, 1.82) is 0 Å². The number of nitrogens with zero attached hydrogens (tertiary/aromatic N) is 3. The highest BCUT2D eigenvalue weighted by Gasteiger charge is 2.22. The van der Waals surface area contributed by atoms with Gasteiger partial charge in [-0.25, -0.2) is 9.97 Å². The smallest absolute Gasteiger partial charge is 0.160 e. The predicted molar refractivity (Wildman–Crippen MR) is 90.6 cm³/mol. The molecule has 3 aromatic rings. The van der Waals surface area contributed by atoms with E-state index in [0.29, 0.717) is 11.8 Å². The van der Waals surface area contributed by atoms with Crippen LogP contribution >= 0.6 is 0 Å². The molecule has 1 aliphatic carbocycles. The minimum atomic E-state index is 0.302. The van der Waals surface area contributed by atoms with E-state index < -0.39 is 0 Å². The third-order valence-corrected chi connectivity index (χ3v) is 4.76. The molecule has 118 valence electrons. The highest BCUT2D eigenvalue weighted by Crippen LogP contribution is 2.32. The van der Waals surface area contributed by atoms with Crippen molar-refractivity contribution in [2.24, 2.45) is 0 Å². The lowest BCUT2D eigenvalue weighted by Gasteiger charge is -2.25. The molecule has 1 aliphatic rings. The summed E-state index contributed by atoms with van der Waals surface area (Å²) in [7, 11) is 0. The fourth-order valence-corrected chi connectivity index (χ4v) is 3.62. The number of aromatic hydroxyl groups is 1. The Morgan fingerprint density at radius 2 is 1.83 bits per heavy atom. The molecule has 0 spiro atoms. The van der Waals surface area contributed by atoms with Crippen LogP contribution in [0.25, 0.3) is 11.2 Å². The Labute approximate surface area is 135 Å². The third kappa shape index (κ3) is 2.81. The summed E-state index contributed by atoms with van der Waals surface area (Å²) in [5.41, 5.74) is 3.15. The summed E-state index contributed by atoms with van der Waals surface area (Å²) in [5, 5.41) is 9.46. The van der Waals surface area contributed by atoms with E-state index in [-0.39, 0.29) is 0 Å². The maximum Gasteiger partial charge on any atom is 0.160 e. The van der Waals surface area contributed by atoms with Crippen LogP contribution in [0, 0.1) is 0 Å². The lowest BCUT2D eigenvalue weighted by molar-refractivity contribution is 0.352. The summed E-state index contributed by atoms with van der Waals surface area (Å²) in [4.78, 5) is 9.44. The number of pyridine rings is 1. The average Bonchev–Trinajstić information content (AvgIpc) is 2.95. The molecule has 1 fully saturated rings. The zero-order valence-electron chi connectivity index (χ0n) is 13.2. The van der Waals surface area contributed by atoms with Crippen molar-refractivity contribution in [3.05, 3.63) is 54.0 Å². The maximum atomic E-state index is 9.46. The summed E-state index contributed by atoms with van der Waals surface area (Å²) < 4.78 is 2.36. The van der Waals surface area contributed by atoms with Gasteiger partial charge < -0.3 is 9.67 Å². The molecule has 23 heavy (non-hydrogen) atoms. The van der Waals surface area contributed by atoms with Gasteiger partial charge in [-0.05, 0) is 42.7 Å². The maximum absolute atomic E-state index is 9.46. The average molecular weight is 307 g/mol. The van der Waals surface area contributed by atoms with Gasteiger partial charge in [0.15, 0.2) is 5.65 Å². The lowest BCUT2D eigenvalue weighted by atomic mass is 9.95. The topological polar surface area (TPSA) is 50.9 Å². The summed E-state index contributed by atoms with van der Waals surface area (Å²) >= 11 is 0. The molecule has 0 unspecified atom stereocenters. The summed E-state index contributed by atoms with van der Waals surface area (Å²) in [6.45, 7) is 0. The van der Waals surface area contributed by atoms with Gasteiger partial charge >= 0.3 is 0 Å². The SMILES string of the molecule is Oc1ccc(Cc2nc3cccnc3n2C2CCCCC2)cc1. The normalized spacial score (nSPS) is 16.0. The highest BCUT2D eigenvalue weighted by molar-refractivity contribution is 5.71. The van der Waals surface area contributed by atoms with Crippen LogP contribution in [0.4, 0.5) is 0 Å². The van der Waals surface area contributed by atoms with E-state index in [0.717, 1.165) is 29.0 Å². The zero-order chi connectivity index (χ0) is 15.6. The monoisotopic (exact) mass is 307 g/mol. The molecule has 0 bridgehead atoms. The van der Waals surface area contributed by atoms with E-state index in [1.165, 1.54) is 32.1 Å². The number of phenols is 1. The number of phenolic OH excluding ortho intramolecular Hbond substituents is 1. The van der Waals surface area contributed by atoms with Crippen LogP contribution in [-0.4, -0.2) is 19.6 Å². The molecule has 1 aromatic carbocycles. The van der Waals surface area contributed by atoms with Crippen LogP contribution in [-0.2, 0) is 6.42 Å². The molecule has 0 radical (unpaired) electrons. The molecule has 0 amide bonds. The Kier molecular flexibility index (Phi) is 3.74. The van der Waals surface area contributed by atoms with E-state index in [4.69, 9.17) is 4.98 Å². The van der Waals surface area contributed by atoms with E-state index in [2.05, 4.69) is 9.55 Å². The Hall–Kier alpha value is -2.36. The second-order valence-corrected chi connectivity index (χ2v) is 6.38. The van der Waals surface area contributed by atoms with Gasteiger partial charge in [0.25, 0.3) is 0 Å². The molecular formula is C19H21N3O. The molecule has 0 saturated heterocycles. The standard InChI is InChI=1S/C19H21N3O/c23-16-10-8-14(9-11-16)13-18-21-17-7-4-12-20-19(17)22(18)15-5-2-1-3-6-15/h4,7-12,15,23H,1-3,5-6,13H2. The molecule has 4 heteroatoms. The van der Waals surface area contributed by atoms with Gasteiger partial charge in [-0.3, -0.25) is 0 Å². The van der Waals surface area contributed by atoms with Gasteiger partial charge in [-0.1, -0.05) is 31.4 Å². The number of benzene rings is 1. The van der Waals surface area contributed by atoms with Gasteiger partial charge in [-0.2, -0.15) is 0 Å². The predicted octanol–water partition coefficient (Wildman–Crippen LogP) is 4.23. The first-order chi connectivity index (χ1) is 11.3. The van der Waals surface area contributed by atoms with Gasteiger partial charge in [0.2, 0.25) is 0 Å². The van der Waals surface area contributed by atoms with Crippen LogP contribution in [0.3, 0.4) is 0 Å². The van der Waals surface area contributed by atoms with Crippen molar-refractivity contribution in [3.8, 4) is 5.75 Å². The molecule has 0 aliphatic heterocycles. The fraction of sp³-hybridized carbons (Fsp3) is 0.368. The van der Waals surface area contributed by atoms with E-state index in [1.54, 1.807) is 12.1 Å². The van der Waals surface area contributed by atoms with Gasteiger partial charge in [-0.15, -0.1) is 0 Å². The van der Waals surface area contributed by atoms with Crippen molar-refractivity contribution >= 4 is 11.2 Å². The summed E-state index contributed by atoms with van der Waals surface area (Å²) in [5.74, 6) is 1.38. The second kappa shape index (κ2) is 6.03. The number of hydrogen-bond donors (Lipinski definition) is 1. The molecule has 1 saturated carbocycles. The number of hydrogen-bond acceptors (Lipinski definition) is 3. The molecule has 1 N–H and O–H groups in total. The zero-order valence-corrected chi connectivity index (χ0v) is 13.2. The lowest BCUT2D eigenvalue weighted by Crippen LogP contribution is -2.16. The summed E-state index contributed by atoms with van der Waals surface area (Å²) in [6.07, 6.45) is 8.96. The van der Waals surface area contributed by atoms with Crippen molar-refractivity contribution in [1.82, 2.24) is 14.5 Å². The number of aromatic nitrogens is 3. The van der Waals surface area contributed by atoms with Gasteiger partial charge in [0, 0.05) is 18.7 Å². The van der Waals surface area contributed by atoms with Crippen LogP contribution in [0.15, 0.2) is 42.6 Å². The first kappa shape index (κ1) is 14.2. The van der Waals surface area contributed by atoms with Crippen LogP contribution in [0.5, 0.6) is 5.75 Å². The van der Waals surface area contributed by atoms with Crippen molar-refractivity contribution in [2.75, 3.05) is 0 Å². The van der Waals surface area contributed by atoms with Crippen LogP contribution < -0.4 is 0 Å². The fourth-order valence-electron chi connectivity index (χ4n) is 3.62. The number of fused-ring (bicyclic) bond motifs is 1. The Balaban J connectivity index is 1.76. The Morgan fingerprint density at radius 3 is 2.61 bits per heavy atom. The molecule has 4 rings (SSSR count). The van der Waals surface area contributed by atoms with E-state index >= 15 is 0 Å². The number of imidazole rings is 1. The van der Waals surface area contributed by atoms with Crippen molar-refractivity contribution in [3.63, 3.8) is 0 Å². The molecule has 4 nitrogen and oxygen atoms in total. The quantitative estimate of drug-likeness (QED) is 0.787. The largest absolute Gasteiger partial charge is 0.508 e. The minimum absolute atomic E-state index is 0.302. The molecule has 0 atom stereocenters. The summed E-state index contributed by atoms with van der Waals surface area (Å²) in [6, 6.07) is 11.9. The molecular weight excluding hydrogens is 286 g/mol. The molecule has 2 aromatic heterocycles. The molecule has 2 heterocycles. The van der Waals surface area contributed by atoms with E-state index in [9.17, 15) is 5.11 Å². The van der Waals surface area contributed by atoms with Crippen LogP contribution in [0.2, 0.25) is 0 Å². The minimum Gasteiger partial charge on any atom is -0.508 e. The Bertz CT molecular complexity index is 801. The van der Waals surface area contributed by atoms with Crippen molar-refractivity contribution < 1.29 is 5.11 Å². The van der Waals surface area contributed by atoms with Gasteiger partial charge in [0.1, 0.15) is 17.1 Å². The van der Waals surface area contributed by atoms with Crippen LogP contribution in [0.1, 0.15) is 49.5 Å². The number of rotatable bonds is 3. The first-order valence-electron chi connectivity index (χ1n) is 8.41. The van der Waals surface area contributed by atoms with E-state index in [1.807, 2.05) is 30.5 Å². The highest BCUT2D eigenvalue weighted by atomic mass is 16.3. The van der Waals surface area contributed by atoms with Crippen molar-refractivity contribution in [2.45, 2.75) is 44.6 Å². The Morgan fingerprint density at radius 1 is 1.04 bits per heavy atom. The second-order valence-electron chi connectivity index (χ2n) is 6.38.